The number of benzene rings is 2. The number of carbonyl (C=O) groups is 1. The van der Waals surface area contributed by atoms with Crippen molar-refractivity contribution >= 4 is 39.3 Å². The predicted octanol–water partition coefficient (Wildman–Crippen LogP) is 4.02. The molecule has 0 unspecified atom stereocenters. The molecule has 19 heavy (non-hydrogen) atoms. The number of aromatic carboxylic acids is 1. The number of nitrogen functional groups attached to an aromatic ring is 1. The van der Waals surface area contributed by atoms with Crippen LogP contribution in [0.3, 0.4) is 0 Å². The lowest BCUT2D eigenvalue weighted by atomic mass is 10.1. The molecule has 0 aliphatic rings. The molecule has 2 rings (SSSR count). The Morgan fingerprint density at radius 3 is 2.47 bits per heavy atom. The summed E-state index contributed by atoms with van der Waals surface area (Å²) < 4.78 is 0.815. The van der Waals surface area contributed by atoms with E-state index in [0.29, 0.717) is 0 Å². The summed E-state index contributed by atoms with van der Waals surface area (Å²) in [7, 11) is 0. The van der Waals surface area contributed by atoms with Crippen LogP contribution in [0.25, 0.3) is 0 Å². The summed E-state index contributed by atoms with van der Waals surface area (Å²) in [4.78, 5) is 12.0. The van der Waals surface area contributed by atoms with Crippen LogP contribution in [-0.4, -0.2) is 11.1 Å². The van der Waals surface area contributed by atoms with Gasteiger partial charge in [-0.3, -0.25) is 0 Å². The zero-order valence-electron chi connectivity index (χ0n) is 9.97. The van der Waals surface area contributed by atoms with E-state index in [1.165, 1.54) is 0 Å². The molecule has 0 spiro atoms. The van der Waals surface area contributed by atoms with Gasteiger partial charge in [0.05, 0.1) is 5.56 Å². The van der Waals surface area contributed by atoms with Crippen LogP contribution in [0.5, 0.6) is 0 Å². The van der Waals surface area contributed by atoms with E-state index >= 15 is 0 Å². The van der Waals surface area contributed by atoms with Crippen molar-refractivity contribution in [3.8, 4) is 0 Å². The summed E-state index contributed by atoms with van der Waals surface area (Å²) in [5.41, 5.74) is 7.72. The van der Waals surface area contributed by atoms with Crippen LogP contribution >= 0.6 is 27.7 Å². The highest BCUT2D eigenvalue weighted by Crippen LogP contribution is 2.28. The third-order valence-corrected chi connectivity index (χ3v) is 4.37. The van der Waals surface area contributed by atoms with E-state index in [4.69, 9.17) is 10.8 Å². The number of hydrogen-bond donors (Lipinski definition) is 2. The Hall–Kier alpha value is -1.46. The van der Waals surface area contributed by atoms with Gasteiger partial charge < -0.3 is 10.8 Å². The van der Waals surface area contributed by atoms with Gasteiger partial charge in [0.25, 0.3) is 0 Å². The standard InChI is InChI=1S/C14H12BrNO2S/c15-13-7-9(14(17)18)1-2-10(13)8-19-12-5-3-11(16)4-6-12/h1-7H,8,16H2,(H,17,18). The first-order valence-electron chi connectivity index (χ1n) is 5.56. The van der Waals surface area contributed by atoms with Gasteiger partial charge in [-0.15, -0.1) is 11.8 Å². The topological polar surface area (TPSA) is 63.3 Å². The molecule has 0 amide bonds. The highest BCUT2D eigenvalue weighted by Gasteiger charge is 2.07. The van der Waals surface area contributed by atoms with Crippen LogP contribution in [0, 0.1) is 0 Å². The van der Waals surface area contributed by atoms with Crippen LogP contribution in [0.1, 0.15) is 15.9 Å². The van der Waals surface area contributed by atoms with Crippen LogP contribution in [0.4, 0.5) is 5.69 Å². The molecular weight excluding hydrogens is 326 g/mol. The van der Waals surface area contributed by atoms with Gasteiger partial charge in [-0.25, -0.2) is 4.79 Å². The first-order chi connectivity index (χ1) is 9.06. The molecule has 98 valence electrons. The van der Waals surface area contributed by atoms with Crippen molar-refractivity contribution in [2.45, 2.75) is 10.6 Å². The molecule has 3 nitrogen and oxygen atoms in total. The minimum Gasteiger partial charge on any atom is -0.478 e. The molecule has 0 heterocycles. The highest BCUT2D eigenvalue weighted by molar-refractivity contribution is 9.10. The number of hydrogen-bond acceptors (Lipinski definition) is 3. The summed E-state index contributed by atoms with van der Waals surface area (Å²) in [6.45, 7) is 0. The first kappa shape index (κ1) is 14.0. The van der Waals surface area contributed by atoms with Gasteiger partial charge in [-0.1, -0.05) is 22.0 Å². The van der Waals surface area contributed by atoms with Crippen molar-refractivity contribution in [3.05, 3.63) is 58.1 Å². The minimum atomic E-state index is -0.918. The molecule has 5 heteroatoms. The summed E-state index contributed by atoms with van der Waals surface area (Å²) in [6, 6.07) is 12.7. The molecule has 3 N–H and O–H groups in total. The summed E-state index contributed by atoms with van der Waals surface area (Å²) in [5, 5.41) is 8.90. The van der Waals surface area contributed by atoms with E-state index in [1.54, 1.807) is 23.9 Å². The van der Waals surface area contributed by atoms with Gasteiger partial charge in [0.15, 0.2) is 0 Å². The van der Waals surface area contributed by atoms with E-state index in [0.717, 1.165) is 26.4 Å². The van der Waals surface area contributed by atoms with Crippen LogP contribution in [0.15, 0.2) is 51.8 Å². The SMILES string of the molecule is Nc1ccc(SCc2ccc(C(=O)O)cc2Br)cc1. The second-order valence-corrected chi connectivity index (χ2v) is 5.87. The molecule has 0 aliphatic carbocycles. The van der Waals surface area contributed by atoms with Crippen molar-refractivity contribution in [3.63, 3.8) is 0 Å². The van der Waals surface area contributed by atoms with Crippen LogP contribution in [0.2, 0.25) is 0 Å². The van der Waals surface area contributed by atoms with Crippen molar-refractivity contribution in [2.24, 2.45) is 0 Å². The maximum atomic E-state index is 10.8. The number of carboxylic acids is 1. The monoisotopic (exact) mass is 337 g/mol. The van der Waals surface area contributed by atoms with E-state index in [9.17, 15) is 4.79 Å². The number of carboxylic acid groups (broad SMARTS) is 1. The van der Waals surface area contributed by atoms with Crippen molar-refractivity contribution in [1.82, 2.24) is 0 Å². The van der Waals surface area contributed by atoms with Gasteiger partial charge >= 0.3 is 5.97 Å². The molecule has 0 aromatic heterocycles. The molecule has 0 atom stereocenters. The maximum Gasteiger partial charge on any atom is 0.335 e. The first-order valence-corrected chi connectivity index (χ1v) is 7.34. The van der Waals surface area contributed by atoms with Crippen molar-refractivity contribution in [1.29, 1.82) is 0 Å². The molecular formula is C14H12BrNO2S. The van der Waals surface area contributed by atoms with Gasteiger partial charge in [0, 0.05) is 20.8 Å². The molecule has 2 aromatic carbocycles. The lowest BCUT2D eigenvalue weighted by Crippen LogP contribution is -1.96. The number of rotatable bonds is 4. The largest absolute Gasteiger partial charge is 0.478 e. The lowest BCUT2D eigenvalue weighted by molar-refractivity contribution is 0.0697. The maximum absolute atomic E-state index is 10.8. The fourth-order valence-electron chi connectivity index (χ4n) is 1.52. The molecule has 0 saturated heterocycles. The average Bonchev–Trinajstić information content (AvgIpc) is 2.39. The molecule has 0 saturated carbocycles. The molecule has 0 aliphatic heterocycles. The highest BCUT2D eigenvalue weighted by atomic mass is 79.9. The van der Waals surface area contributed by atoms with Gasteiger partial charge in [-0.2, -0.15) is 0 Å². The molecule has 0 fully saturated rings. The molecule has 2 aromatic rings. The Morgan fingerprint density at radius 2 is 1.89 bits per heavy atom. The Bertz CT molecular complexity index is 599. The number of halogens is 1. The Morgan fingerprint density at radius 1 is 1.21 bits per heavy atom. The lowest BCUT2D eigenvalue weighted by Gasteiger charge is -2.06. The number of anilines is 1. The van der Waals surface area contributed by atoms with Gasteiger partial charge in [-0.05, 0) is 42.0 Å². The zero-order chi connectivity index (χ0) is 13.8. The van der Waals surface area contributed by atoms with Gasteiger partial charge in [0.2, 0.25) is 0 Å². The minimum absolute atomic E-state index is 0.285. The summed E-state index contributed by atoms with van der Waals surface area (Å²) in [6.07, 6.45) is 0. The molecule has 0 radical (unpaired) electrons. The third kappa shape index (κ3) is 3.75. The Labute approximate surface area is 124 Å². The second-order valence-electron chi connectivity index (χ2n) is 3.97. The predicted molar refractivity (Wildman–Crippen MR) is 81.5 cm³/mol. The Balaban J connectivity index is 2.07. The quantitative estimate of drug-likeness (QED) is 0.653. The van der Waals surface area contributed by atoms with Gasteiger partial charge in [0.1, 0.15) is 0 Å². The van der Waals surface area contributed by atoms with Crippen molar-refractivity contribution in [2.75, 3.05) is 5.73 Å². The van der Waals surface area contributed by atoms with E-state index < -0.39 is 5.97 Å². The third-order valence-electron chi connectivity index (χ3n) is 2.57. The van der Waals surface area contributed by atoms with E-state index in [1.807, 2.05) is 30.3 Å². The zero-order valence-corrected chi connectivity index (χ0v) is 12.4. The van der Waals surface area contributed by atoms with Crippen molar-refractivity contribution < 1.29 is 9.90 Å². The Kier molecular flexibility index (Phi) is 4.50. The summed E-state index contributed by atoms with van der Waals surface area (Å²) in [5.74, 6) is -0.150. The average molecular weight is 338 g/mol. The normalized spacial score (nSPS) is 10.4. The smallest absolute Gasteiger partial charge is 0.335 e. The fraction of sp³-hybridized carbons (Fsp3) is 0.0714. The van der Waals surface area contributed by atoms with Crippen LogP contribution < -0.4 is 5.73 Å². The number of nitrogens with two attached hydrogens (primary N) is 1. The second kappa shape index (κ2) is 6.12. The van der Waals surface area contributed by atoms with Crippen LogP contribution in [-0.2, 0) is 5.75 Å². The number of thioether (sulfide) groups is 1. The molecule has 0 bridgehead atoms. The summed E-state index contributed by atoms with van der Waals surface area (Å²) >= 11 is 5.08. The fourth-order valence-corrected chi connectivity index (χ4v) is 3.13. The van der Waals surface area contributed by atoms with E-state index in [-0.39, 0.29) is 5.56 Å². The van der Waals surface area contributed by atoms with E-state index in [2.05, 4.69) is 15.9 Å².